The number of aldehydes is 1. The van der Waals surface area contributed by atoms with Crippen molar-refractivity contribution < 1.29 is 9.90 Å². The van der Waals surface area contributed by atoms with Gasteiger partial charge < -0.3 is 9.90 Å². The second-order valence-corrected chi connectivity index (χ2v) is 6.22. The molecule has 0 heterocycles. The predicted octanol–water partition coefficient (Wildman–Crippen LogP) is 2.93. The van der Waals surface area contributed by atoms with Crippen LogP contribution in [0.15, 0.2) is 0 Å². The first-order chi connectivity index (χ1) is 7.53. The van der Waals surface area contributed by atoms with Crippen LogP contribution in [0.25, 0.3) is 0 Å². The van der Waals surface area contributed by atoms with E-state index < -0.39 is 5.60 Å². The third kappa shape index (κ3) is 1.71. The maximum atomic E-state index is 10.9. The number of carbonyl (C=O) groups is 1. The number of carbonyl (C=O) groups excluding carboxylic acids is 1. The summed E-state index contributed by atoms with van der Waals surface area (Å²) in [6.07, 6.45) is 8.08. The van der Waals surface area contributed by atoms with Gasteiger partial charge in [-0.25, -0.2) is 0 Å². The molecule has 2 aliphatic rings. The minimum absolute atomic E-state index is 0.0230. The highest BCUT2D eigenvalue weighted by Crippen LogP contribution is 2.56. The summed E-state index contributed by atoms with van der Waals surface area (Å²) in [4.78, 5) is 10.9. The lowest BCUT2D eigenvalue weighted by Crippen LogP contribution is -2.55. The SMILES string of the molecule is CC1CCC2(O)CCCCC2C1(C)CC=O. The van der Waals surface area contributed by atoms with Crippen LogP contribution in [-0.2, 0) is 4.79 Å². The Hall–Kier alpha value is -0.370. The average molecular weight is 224 g/mol. The first kappa shape index (κ1) is 12.1. The van der Waals surface area contributed by atoms with Crippen LogP contribution in [0.2, 0.25) is 0 Å². The highest BCUT2D eigenvalue weighted by molar-refractivity contribution is 5.51. The van der Waals surface area contributed by atoms with Crippen molar-refractivity contribution in [3.63, 3.8) is 0 Å². The Labute approximate surface area is 98.4 Å². The van der Waals surface area contributed by atoms with Gasteiger partial charge in [0.2, 0.25) is 0 Å². The van der Waals surface area contributed by atoms with Crippen LogP contribution < -0.4 is 0 Å². The van der Waals surface area contributed by atoms with Crippen LogP contribution in [0.4, 0.5) is 0 Å². The standard InChI is InChI=1S/C14H24O2/c1-11-6-8-14(16)7-4-3-5-12(14)13(11,2)9-10-15/h10-12,16H,3-9H2,1-2H3. The molecule has 0 radical (unpaired) electrons. The van der Waals surface area contributed by atoms with E-state index in [9.17, 15) is 9.90 Å². The lowest BCUT2D eigenvalue weighted by atomic mass is 9.51. The maximum absolute atomic E-state index is 10.9. The molecule has 2 saturated carbocycles. The molecule has 0 aromatic heterocycles. The highest BCUT2D eigenvalue weighted by atomic mass is 16.3. The van der Waals surface area contributed by atoms with E-state index in [1.165, 1.54) is 6.42 Å². The first-order valence-electron chi connectivity index (χ1n) is 6.69. The molecular weight excluding hydrogens is 200 g/mol. The number of aliphatic hydroxyl groups is 1. The van der Waals surface area contributed by atoms with Gasteiger partial charge in [0.1, 0.15) is 6.29 Å². The van der Waals surface area contributed by atoms with Crippen molar-refractivity contribution in [1.82, 2.24) is 0 Å². The van der Waals surface area contributed by atoms with Crippen molar-refractivity contribution in [2.45, 2.75) is 64.4 Å². The zero-order valence-electron chi connectivity index (χ0n) is 10.5. The molecule has 2 fully saturated rings. The summed E-state index contributed by atoms with van der Waals surface area (Å²) in [6.45, 7) is 4.46. The zero-order chi connectivity index (χ0) is 11.8. The number of fused-ring (bicyclic) bond motifs is 1. The molecule has 0 aromatic rings. The Morgan fingerprint density at radius 2 is 2.06 bits per heavy atom. The Balaban J connectivity index is 2.29. The molecule has 1 N–H and O–H groups in total. The van der Waals surface area contributed by atoms with Crippen molar-refractivity contribution in [2.75, 3.05) is 0 Å². The molecule has 0 saturated heterocycles. The monoisotopic (exact) mass is 224 g/mol. The summed E-state index contributed by atoms with van der Waals surface area (Å²) in [5.41, 5.74) is -0.447. The molecule has 0 amide bonds. The molecule has 4 atom stereocenters. The van der Waals surface area contributed by atoms with Crippen molar-refractivity contribution in [3.05, 3.63) is 0 Å². The zero-order valence-corrected chi connectivity index (χ0v) is 10.5. The maximum Gasteiger partial charge on any atom is 0.120 e. The van der Waals surface area contributed by atoms with E-state index in [1.807, 2.05) is 0 Å². The molecule has 2 rings (SSSR count). The Bertz CT molecular complexity index is 276. The fourth-order valence-corrected chi connectivity index (χ4v) is 4.13. The summed E-state index contributed by atoms with van der Waals surface area (Å²) in [6, 6.07) is 0. The normalized spacial score (nSPS) is 48.4. The van der Waals surface area contributed by atoms with E-state index in [0.717, 1.165) is 38.4 Å². The van der Waals surface area contributed by atoms with Gasteiger partial charge in [0.05, 0.1) is 5.60 Å². The van der Waals surface area contributed by atoms with Gasteiger partial charge in [-0.15, -0.1) is 0 Å². The summed E-state index contributed by atoms with van der Waals surface area (Å²) in [5.74, 6) is 0.892. The molecule has 16 heavy (non-hydrogen) atoms. The minimum Gasteiger partial charge on any atom is -0.390 e. The quantitative estimate of drug-likeness (QED) is 0.732. The van der Waals surface area contributed by atoms with Gasteiger partial charge >= 0.3 is 0 Å². The Morgan fingerprint density at radius 1 is 1.31 bits per heavy atom. The van der Waals surface area contributed by atoms with Gasteiger partial charge in [0, 0.05) is 6.42 Å². The van der Waals surface area contributed by atoms with Gasteiger partial charge in [0.25, 0.3) is 0 Å². The molecule has 0 aromatic carbocycles. The second-order valence-electron chi connectivity index (χ2n) is 6.22. The lowest BCUT2D eigenvalue weighted by molar-refractivity contribution is -0.155. The third-order valence-electron chi connectivity index (χ3n) is 5.46. The molecular formula is C14H24O2. The van der Waals surface area contributed by atoms with Crippen LogP contribution in [0.5, 0.6) is 0 Å². The van der Waals surface area contributed by atoms with E-state index in [2.05, 4.69) is 13.8 Å². The fraction of sp³-hybridized carbons (Fsp3) is 0.929. The number of hydrogen-bond donors (Lipinski definition) is 1. The second kappa shape index (κ2) is 4.14. The van der Waals surface area contributed by atoms with E-state index in [1.54, 1.807) is 0 Å². The molecule has 0 bridgehead atoms. The summed E-state index contributed by atoms with van der Waals surface area (Å²) >= 11 is 0. The van der Waals surface area contributed by atoms with Crippen LogP contribution in [-0.4, -0.2) is 17.0 Å². The van der Waals surface area contributed by atoms with Gasteiger partial charge in [0.15, 0.2) is 0 Å². The van der Waals surface area contributed by atoms with Crippen molar-refractivity contribution in [3.8, 4) is 0 Å². The molecule has 2 nitrogen and oxygen atoms in total. The van der Waals surface area contributed by atoms with Crippen molar-refractivity contribution in [2.24, 2.45) is 17.3 Å². The van der Waals surface area contributed by atoms with Gasteiger partial charge in [-0.1, -0.05) is 26.7 Å². The minimum atomic E-state index is -0.470. The number of rotatable bonds is 2. The molecule has 0 spiro atoms. The largest absolute Gasteiger partial charge is 0.390 e. The Kier molecular flexibility index (Phi) is 3.13. The van der Waals surface area contributed by atoms with E-state index in [0.29, 0.717) is 18.3 Å². The van der Waals surface area contributed by atoms with Crippen LogP contribution in [0.1, 0.15) is 58.8 Å². The van der Waals surface area contributed by atoms with Crippen LogP contribution in [0.3, 0.4) is 0 Å². The first-order valence-corrected chi connectivity index (χ1v) is 6.69. The van der Waals surface area contributed by atoms with Gasteiger partial charge in [-0.05, 0) is 42.9 Å². The predicted molar refractivity (Wildman–Crippen MR) is 64.1 cm³/mol. The van der Waals surface area contributed by atoms with E-state index in [-0.39, 0.29) is 5.41 Å². The summed E-state index contributed by atoms with van der Waals surface area (Å²) < 4.78 is 0. The number of hydrogen-bond acceptors (Lipinski definition) is 2. The van der Waals surface area contributed by atoms with Gasteiger partial charge in [-0.2, -0.15) is 0 Å². The Morgan fingerprint density at radius 3 is 2.75 bits per heavy atom. The molecule has 92 valence electrons. The average Bonchev–Trinajstić information content (AvgIpc) is 2.25. The molecule has 0 aliphatic heterocycles. The van der Waals surface area contributed by atoms with Crippen LogP contribution in [0, 0.1) is 17.3 Å². The van der Waals surface area contributed by atoms with Crippen molar-refractivity contribution in [1.29, 1.82) is 0 Å². The summed E-state index contributed by atoms with van der Waals surface area (Å²) in [5, 5.41) is 10.8. The summed E-state index contributed by atoms with van der Waals surface area (Å²) in [7, 11) is 0. The molecule has 2 heteroatoms. The topological polar surface area (TPSA) is 37.3 Å². The van der Waals surface area contributed by atoms with E-state index >= 15 is 0 Å². The molecule has 4 unspecified atom stereocenters. The molecule has 2 aliphatic carbocycles. The van der Waals surface area contributed by atoms with Crippen molar-refractivity contribution >= 4 is 6.29 Å². The highest BCUT2D eigenvalue weighted by Gasteiger charge is 2.53. The fourth-order valence-electron chi connectivity index (χ4n) is 4.13. The third-order valence-corrected chi connectivity index (χ3v) is 5.46. The smallest absolute Gasteiger partial charge is 0.120 e. The lowest BCUT2D eigenvalue weighted by Gasteiger charge is -2.56. The van der Waals surface area contributed by atoms with Crippen LogP contribution >= 0.6 is 0 Å². The van der Waals surface area contributed by atoms with Gasteiger partial charge in [-0.3, -0.25) is 0 Å². The van der Waals surface area contributed by atoms with E-state index in [4.69, 9.17) is 0 Å².